The monoisotopic (exact) mass is 1810 g/mol. The summed E-state index contributed by atoms with van der Waals surface area (Å²) in [5, 5.41) is 70.3. The van der Waals surface area contributed by atoms with Crippen molar-refractivity contribution < 1.29 is 144 Å². The molecule has 718 valence electrons. The second-order valence-corrected chi connectivity index (χ2v) is 35.9. The Labute approximate surface area is 742 Å². The Morgan fingerprint density at radius 1 is 0.452 bits per heavy atom. The number of hydrogen-bond acceptors (Lipinski definition) is 33. The molecule has 6 N–H and O–H groups in total. The highest BCUT2D eigenvalue weighted by atomic mass is 28.4. The SMILES string of the molecule is CCCCOC1[C@H](N=[N+]=[N-])C(O[C@@H](C(OC(CO)O[C@@H]2C(CCC(C)(C)[Si](O)(c3ccccc3)c3ccccc3)OC[C@@H](N=[N+]=[N-])C2OCCCC)C(=O)OC)[C@H](C)OCCCC)OC(CO)[C@H]1OC(CO)OC(C(=O)OC)[C@H](O[C@H]1OC(CO)[C@@H](OC(CO)OC(C(=O)OC)[C@@H](OCCCC)[C@H](C)OCCCC)C(OCCCC)[C@@H]1N=[N+]=[N-])[C@H](C)OCCCC. The average Bonchev–Trinajstić information content (AvgIpc) is 0.744. The summed E-state index contributed by atoms with van der Waals surface area (Å²) in [6.07, 6.45) is -25.6. The Kier molecular flexibility index (Phi) is 53.4. The van der Waals surface area contributed by atoms with Gasteiger partial charge < -0.3 is 130 Å². The third kappa shape index (κ3) is 32.8. The smallest absolute Gasteiger partial charge is 0.337 e. The van der Waals surface area contributed by atoms with Crippen LogP contribution in [0.3, 0.4) is 0 Å². The van der Waals surface area contributed by atoms with Crippen LogP contribution in [0.15, 0.2) is 76.0 Å². The van der Waals surface area contributed by atoms with E-state index in [2.05, 4.69) is 30.1 Å². The van der Waals surface area contributed by atoms with Crippen molar-refractivity contribution in [2.24, 2.45) is 15.3 Å². The summed E-state index contributed by atoms with van der Waals surface area (Å²) in [6.45, 7) is 18.4. The molecule has 13 unspecified atom stereocenters. The van der Waals surface area contributed by atoms with Gasteiger partial charge in [-0.25, -0.2) is 14.4 Å². The Hall–Kier alpha value is -5.96. The first-order chi connectivity index (χ1) is 60.9. The van der Waals surface area contributed by atoms with Crippen molar-refractivity contribution in [2.75, 3.05) is 107 Å². The van der Waals surface area contributed by atoms with Gasteiger partial charge >= 0.3 is 17.9 Å². The van der Waals surface area contributed by atoms with Gasteiger partial charge in [0.25, 0.3) is 8.32 Å². The van der Waals surface area contributed by atoms with Crippen molar-refractivity contribution in [3.63, 3.8) is 0 Å². The van der Waals surface area contributed by atoms with Crippen LogP contribution >= 0.6 is 0 Å². The summed E-state index contributed by atoms with van der Waals surface area (Å²) in [4.78, 5) is 66.0. The van der Waals surface area contributed by atoms with E-state index < -0.39 is 224 Å². The maximum Gasteiger partial charge on any atom is 0.337 e. The molecule has 3 aliphatic heterocycles. The van der Waals surface area contributed by atoms with Gasteiger partial charge in [0.05, 0.1) is 110 Å². The molecule has 0 aromatic heterocycles. The highest BCUT2D eigenvalue weighted by molar-refractivity contribution is 6.98. The van der Waals surface area contributed by atoms with Gasteiger partial charge in [-0.3, -0.25) is 0 Å². The number of unbranched alkanes of at least 4 members (excludes halogenated alkanes) is 7. The molecule has 0 amide bonds. The number of hydrogen-bond donors (Lipinski definition) is 6. The number of benzene rings is 2. The predicted molar refractivity (Wildman–Crippen MR) is 461 cm³/mol. The number of esters is 3. The van der Waals surface area contributed by atoms with Crippen molar-refractivity contribution in [1.29, 1.82) is 0 Å². The van der Waals surface area contributed by atoms with Gasteiger partial charge in [0.2, 0.25) is 0 Å². The first-order valence-corrected chi connectivity index (χ1v) is 46.6. The molecule has 0 aliphatic carbocycles. The van der Waals surface area contributed by atoms with Gasteiger partial charge in [-0.2, -0.15) is 0 Å². The third-order valence-corrected chi connectivity index (χ3v) is 27.0. The number of azide groups is 3. The third-order valence-electron chi connectivity index (χ3n) is 22.4. The summed E-state index contributed by atoms with van der Waals surface area (Å²) in [7, 11) is -0.339. The quantitative estimate of drug-likeness (QED) is 0.00525. The molecular formula is C86H145N9O30Si. The minimum Gasteiger partial charge on any atom is -0.467 e. The molecule has 0 saturated carbocycles. The zero-order valence-corrected chi connectivity index (χ0v) is 77.3. The molecule has 40 heteroatoms. The second kappa shape index (κ2) is 60.9. The van der Waals surface area contributed by atoms with Gasteiger partial charge in [0.1, 0.15) is 60.9 Å². The first kappa shape index (κ1) is 111. The van der Waals surface area contributed by atoms with E-state index in [-0.39, 0.29) is 52.7 Å². The van der Waals surface area contributed by atoms with E-state index in [1.165, 1.54) is 6.92 Å². The first-order valence-electron chi connectivity index (χ1n) is 44.6. The van der Waals surface area contributed by atoms with Gasteiger partial charge in [-0.1, -0.05) is 183 Å². The molecule has 126 heavy (non-hydrogen) atoms. The van der Waals surface area contributed by atoms with Crippen LogP contribution in [0.5, 0.6) is 0 Å². The molecule has 3 heterocycles. The fourth-order valence-electron chi connectivity index (χ4n) is 15.1. The van der Waals surface area contributed by atoms with E-state index in [0.29, 0.717) is 83.7 Å². The van der Waals surface area contributed by atoms with Crippen LogP contribution in [0.25, 0.3) is 31.3 Å². The van der Waals surface area contributed by atoms with Gasteiger partial charge in [0.15, 0.2) is 49.8 Å². The molecule has 5 rings (SSSR count). The molecule has 39 nitrogen and oxygen atoms in total. The fraction of sp³-hybridized carbons (Fsp3) is 0.826. The molecule has 3 saturated heterocycles. The summed E-state index contributed by atoms with van der Waals surface area (Å²) >= 11 is 0. The maximum atomic E-state index is 14.8. The van der Waals surface area contributed by atoms with E-state index in [1.54, 1.807) is 13.8 Å². The van der Waals surface area contributed by atoms with E-state index in [4.69, 9.17) is 99.5 Å². The Morgan fingerprint density at radius 2 is 0.778 bits per heavy atom. The number of aliphatic hydroxyl groups is 5. The van der Waals surface area contributed by atoms with Crippen LogP contribution in [0.1, 0.15) is 186 Å². The molecule has 0 spiro atoms. The van der Waals surface area contributed by atoms with Crippen LogP contribution in [0.4, 0.5) is 0 Å². The number of methoxy groups -OCH3 is 3. The standard InChI is InChI=1S/C86H145N9O30Si/c1-16-23-42-108-55(8)69(111-45-26-19-4)78(81(101)105-13)121-65(52-99)119-74-62(49-96)116-84(67(91-94-88)76(74)113-47-28-21-6)125-71(57(10)110-44-25-18-3)80(83(103)107-15)123-66(53-100)120-75-63(50-97)117-85(68(92-95-89)77(75)114-48-29-22-7)124-70(56(9)109-43-24-17-2)79(82(102)106-14)122-64(51-98)118-73-61(115-54-60(90-93-87)72(73)112-46-27-20-5)40-41-86(11,12)126(104,58-36-32-30-33-37-58)59-38-34-31-35-39-59/h30-39,55-57,60-80,84-85,96-100,104H,16-29,40-54H2,1-15H3/t55-,56-,57-,60+,61?,62?,63?,64?,65?,66?,67-,68-,69-,70+,71+,72?,73+,74+,75+,76?,77?,78?,79?,80?,84+,85?/m0/s1. The van der Waals surface area contributed by atoms with Crippen molar-refractivity contribution in [3.05, 3.63) is 92.0 Å². The number of carbonyl (C=O) groups excluding carboxylic acids is 3. The Balaban J connectivity index is 1.59. The van der Waals surface area contributed by atoms with E-state index in [9.17, 15) is 61.3 Å². The Bertz CT molecular complexity index is 3420. The second-order valence-electron chi connectivity index (χ2n) is 32.0. The fourth-order valence-corrected chi connectivity index (χ4v) is 18.9. The number of aliphatic hydroxyl groups excluding tert-OH is 5. The summed E-state index contributed by atoms with van der Waals surface area (Å²) in [5.74, 6) is -3.13. The number of carbonyl (C=O) groups is 3. The Morgan fingerprint density at radius 3 is 1.11 bits per heavy atom. The van der Waals surface area contributed by atoms with Crippen molar-refractivity contribution in [2.45, 2.75) is 350 Å². The molecule has 0 bridgehead atoms. The molecule has 0 radical (unpaired) electrons. The van der Waals surface area contributed by atoms with Gasteiger partial charge in [-0.05, 0) is 111 Å². The minimum absolute atomic E-state index is 0.00654. The largest absolute Gasteiger partial charge is 0.467 e. The average molecular weight is 1810 g/mol. The molecule has 3 aliphatic rings. The number of ether oxygens (including phenoxy) is 21. The van der Waals surface area contributed by atoms with Crippen molar-refractivity contribution >= 4 is 36.6 Å². The highest BCUT2D eigenvalue weighted by Gasteiger charge is 2.57. The normalized spacial score (nSPS) is 25.2. The van der Waals surface area contributed by atoms with Crippen LogP contribution in [0, 0.1) is 0 Å². The lowest BCUT2D eigenvalue weighted by Crippen LogP contribution is -2.65. The predicted octanol–water partition coefficient (Wildman–Crippen LogP) is 9.08. The molecule has 3 fully saturated rings. The lowest BCUT2D eigenvalue weighted by molar-refractivity contribution is -0.344. The number of rotatable bonds is 67. The summed E-state index contributed by atoms with van der Waals surface area (Å²) in [5.41, 5.74) is 31.0. The van der Waals surface area contributed by atoms with Crippen LogP contribution in [0.2, 0.25) is 5.04 Å². The van der Waals surface area contributed by atoms with E-state index in [0.717, 1.165) is 51.0 Å². The maximum absolute atomic E-state index is 14.8. The van der Waals surface area contributed by atoms with Gasteiger partial charge in [-0.15, -0.1) is 0 Å². The van der Waals surface area contributed by atoms with Crippen molar-refractivity contribution in [1.82, 2.24) is 0 Å². The van der Waals surface area contributed by atoms with E-state index in [1.807, 2.05) is 123 Å². The topological polar surface area (TPSA) is 513 Å². The summed E-state index contributed by atoms with van der Waals surface area (Å²) < 4.78 is 134. The van der Waals surface area contributed by atoms with Crippen molar-refractivity contribution in [3.8, 4) is 0 Å². The molecular weight excluding hydrogens is 1670 g/mol. The zero-order valence-electron chi connectivity index (χ0n) is 76.3. The van der Waals surface area contributed by atoms with Crippen LogP contribution in [-0.4, -0.2) is 323 Å². The van der Waals surface area contributed by atoms with E-state index >= 15 is 0 Å². The lowest BCUT2D eigenvalue weighted by Gasteiger charge is -2.47. The molecule has 2 aromatic rings. The zero-order chi connectivity index (χ0) is 92.6. The minimum atomic E-state index is -3.63. The highest BCUT2D eigenvalue weighted by Crippen LogP contribution is 2.43. The van der Waals surface area contributed by atoms with Gasteiger partial charge in [0, 0.05) is 61.0 Å². The summed E-state index contributed by atoms with van der Waals surface area (Å²) in [6, 6.07) is 14.7. The molecule has 26 atom stereocenters. The lowest BCUT2D eigenvalue weighted by atomic mass is 9.92. The van der Waals surface area contributed by atoms with Crippen LogP contribution in [-0.2, 0) is 114 Å². The number of nitrogens with zero attached hydrogens (tertiary/aromatic N) is 9. The molecule has 2 aromatic carbocycles. The van der Waals surface area contributed by atoms with Crippen LogP contribution < -0.4 is 10.4 Å².